The van der Waals surface area contributed by atoms with Crippen LogP contribution in [0.2, 0.25) is 5.02 Å². The van der Waals surface area contributed by atoms with Crippen LogP contribution >= 0.6 is 11.6 Å². The van der Waals surface area contributed by atoms with Gasteiger partial charge in [-0.15, -0.1) is 0 Å². The van der Waals surface area contributed by atoms with E-state index < -0.39 is 0 Å². The minimum atomic E-state index is 0.0436. The predicted molar refractivity (Wildman–Crippen MR) is 103 cm³/mol. The zero-order valence-corrected chi connectivity index (χ0v) is 15.4. The van der Waals surface area contributed by atoms with E-state index in [1.54, 1.807) is 12.1 Å². The second kappa shape index (κ2) is 8.86. The highest BCUT2D eigenvalue weighted by Crippen LogP contribution is 2.14. The summed E-state index contributed by atoms with van der Waals surface area (Å²) >= 11 is 5.88. The first-order valence-electron chi connectivity index (χ1n) is 8.95. The van der Waals surface area contributed by atoms with Crippen molar-refractivity contribution in [2.24, 2.45) is 0 Å². The summed E-state index contributed by atoms with van der Waals surface area (Å²) in [7, 11) is 0. The minimum Gasteiger partial charge on any atom is -0.353 e. The van der Waals surface area contributed by atoms with Gasteiger partial charge in [0.15, 0.2) is 0 Å². The largest absolute Gasteiger partial charge is 0.353 e. The molecule has 0 bridgehead atoms. The molecule has 0 spiro atoms. The number of piperidine rings is 1. The molecule has 2 aromatic rings. The molecule has 1 fully saturated rings. The summed E-state index contributed by atoms with van der Waals surface area (Å²) in [6, 6.07) is 17.3. The lowest BCUT2D eigenvalue weighted by molar-refractivity contribution is -0.131. The molecule has 2 aromatic carbocycles. The maximum absolute atomic E-state index is 12.4. The number of nitrogens with one attached hydrogen (secondary N) is 1. The number of benzene rings is 2. The van der Waals surface area contributed by atoms with E-state index in [9.17, 15) is 9.59 Å². The van der Waals surface area contributed by atoms with Crippen LogP contribution in [0.25, 0.3) is 0 Å². The highest BCUT2D eigenvalue weighted by Gasteiger charge is 2.23. The molecule has 0 unspecified atom stereocenters. The Morgan fingerprint density at radius 2 is 1.54 bits per heavy atom. The van der Waals surface area contributed by atoms with Gasteiger partial charge < -0.3 is 10.2 Å². The number of halogens is 1. The quantitative estimate of drug-likeness (QED) is 0.878. The number of hydrogen-bond acceptors (Lipinski definition) is 2. The fourth-order valence-electron chi connectivity index (χ4n) is 3.22. The number of rotatable bonds is 5. The van der Waals surface area contributed by atoms with Crippen molar-refractivity contribution in [2.45, 2.75) is 31.7 Å². The van der Waals surface area contributed by atoms with Gasteiger partial charge in [0.05, 0.1) is 12.8 Å². The Hall–Kier alpha value is -2.33. The molecule has 136 valence electrons. The Kier molecular flexibility index (Phi) is 6.29. The average molecular weight is 371 g/mol. The molecule has 2 amide bonds. The van der Waals surface area contributed by atoms with Crippen LogP contribution < -0.4 is 5.32 Å². The topological polar surface area (TPSA) is 49.4 Å². The molecule has 0 radical (unpaired) electrons. The van der Waals surface area contributed by atoms with Crippen molar-refractivity contribution < 1.29 is 9.59 Å². The van der Waals surface area contributed by atoms with Crippen molar-refractivity contribution in [3.63, 3.8) is 0 Å². The lowest BCUT2D eigenvalue weighted by Gasteiger charge is -2.32. The van der Waals surface area contributed by atoms with E-state index in [1.165, 1.54) is 0 Å². The first kappa shape index (κ1) is 18.5. The minimum absolute atomic E-state index is 0.0436. The van der Waals surface area contributed by atoms with E-state index in [-0.39, 0.29) is 17.9 Å². The van der Waals surface area contributed by atoms with Crippen molar-refractivity contribution in [1.82, 2.24) is 10.2 Å². The second-order valence-electron chi connectivity index (χ2n) is 6.69. The molecule has 1 aliphatic heterocycles. The summed E-state index contributed by atoms with van der Waals surface area (Å²) in [4.78, 5) is 26.5. The van der Waals surface area contributed by atoms with Crippen molar-refractivity contribution in [3.05, 3.63) is 70.7 Å². The van der Waals surface area contributed by atoms with Crippen LogP contribution in [-0.4, -0.2) is 35.8 Å². The van der Waals surface area contributed by atoms with E-state index >= 15 is 0 Å². The second-order valence-corrected chi connectivity index (χ2v) is 7.12. The van der Waals surface area contributed by atoms with Gasteiger partial charge in [-0.1, -0.05) is 54.1 Å². The molecule has 4 nitrogen and oxygen atoms in total. The molecule has 1 saturated heterocycles. The van der Waals surface area contributed by atoms with E-state index in [0.29, 0.717) is 31.0 Å². The van der Waals surface area contributed by atoms with Crippen LogP contribution in [0.5, 0.6) is 0 Å². The number of nitrogens with zero attached hydrogens (tertiary/aromatic N) is 1. The van der Waals surface area contributed by atoms with Crippen molar-refractivity contribution in [2.75, 3.05) is 13.1 Å². The van der Waals surface area contributed by atoms with Crippen LogP contribution in [-0.2, 0) is 22.4 Å². The first-order chi connectivity index (χ1) is 12.6. The predicted octanol–water partition coefficient (Wildman–Crippen LogP) is 3.23. The monoisotopic (exact) mass is 370 g/mol. The molecule has 0 atom stereocenters. The number of amides is 2. The summed E-state index contributed by atoms with van der Waals surface area (Å²) in [5.41, 5.74) is 1.98. The zero-order valence-electron chi connectivity index (χ0n) is 14.7. The molecule has 3 rings (SSSR count). The fourth-order valence-corrected chi connectivity index (χ4v) is 3.35. The standard InChI is InChI=1S/C21H23ClN2O2/c22-18-8-6-17(7-9-18)15-21(26)24-12-10-19(11-13-24)23-20(25)14-16-4-2-1-3-5-16/h1-9,19H,10-15H2,(H,23,25). The summed E-state index contributed by atoms with van der Waals surface area (Å²) in [5, 5.41) is 3.77. The Bertz CT molecular complexity index is 738. The Morgan fingerprint density at radius 3 is 2.19 bits per heavy atom. The summed E-state index contributed by atoms with van der Waals surface area (Å²) in [6.45, 7) is 1.37. The normalized spacial score (nSPS) is 14.9. The lowest BCUT2D eigenvalue weighted by Crippen LogP contribution is -2.47. The van der Waals surface area contributed by atoms with Crippen LogP contribution in [0.1, 0.15) is 24.0 Å². The number of hydrogen-bond donors (Lipinski definition) is 1. The molecular formula is C21H23ClN2O2. The molecule has 1 heterocycles. The summed E-state index contributed by atoms with van der Waals surface area (Å²) in [6.07, 6.45) is 2.39. The van der Waals surface area contributed by atoms with Crippen molar-refractivity contribution >= 4 is 23.4 Å². The maximum atomic E-state index is 12.4. The average Bonchev–Trinajstić information content (AvgIpc) is 2.65. The third-order valence-corrected chi connectivity index (χ3v) is 4.94. The smallest absolute Gasteiger partial charge is 0.226 e. The zero-order chi connectivity index (χ0) is 18.4. The number of carbonyl (C=O) groups is 2. The van der Waals surface area contributed by atoms with Crippen LogP contribution in [0, 0.1) is 0 Å². The van der Waals surface area contributed by atoms with Gasteiger partial charge in [-0.2, -0.15) is 0 Å². The van der Waals surface area contributed by atoms with Gasteiger partial charge in [-0.05, 0) is 36.1 Å². The Morgan fingerprint density at radius 1 is 0.923 bits per heavy atom. The van der Waals surface area contributed by atoms with Gasteiger partial charge in [-0.3, -0.25) is 9.59 Å². The summed E-state index contributed by atoms with van der Waals surface area (Å²) < 4.78 is 0. The van der Waals surface area contributed by atoms with Crippen molar-refractivity contribution in [1.29, 1.82) is 0 Å². The fraction of sp³-hybridized carbons (Fsp3) is 0.333. The van der Waals surface area contributed by atoms with Crippen LogP contribution in [0.4, 0.5) is 0 Å². The molecule has 0 aromatic heterocycles. The highest BCUT2D eigenvalue weighted by molar-refractivity contribution is 6.30. The van der Waals surface area contributed by atoms with Gasteiger partial charge in [0.1, 0.15) is 0 Å². The van der Waals surface area contributed by atoms with E-state index in [0.717, 1.165) is 24.0 Å². The van der Waals surface area contributed by atoms with Crippen LogP contribution in [0.15, 0.2) is 54.6 Å². The van der Waals surface area contributed by atoms with Gasteiger partial charge >= 0.3 is 0 Å². The van der Waals surface area contributed by atoms with Gasteiger partial charge in [-0.25, -0.2) is 0 Å². The third kappa shape index (κ3) is 5.33. The SMILES string of the molecule is O=C(Cc1ccccc1)NC1CCN(C(=O)Cc2ccc(Cl)cc2)CC1. The molecule has 0 aliphatic carbocycles. The first-order valence-corrected chi connectivity index (χ1v) is 9.33. The molecule has 26 heavy (non-hydrogen) atoms. The molecule has 0 saturated carbocycles. The third-order valence-electron chi connectivity index (χ3n) is 4.69. The van der Waals surface area contributed by atoms with Gasteiger partial charge in [0.25, 0.3) is 0 Å². The van der Waals surface area contributed by atoms with Crippen molar-refractivity contribution in [3.8, 4) is 0 Å². The maximum Gasteiger partial charge on any atom is 0.226 e. The molecule has 1 aliphatic rings. The molecular weight excluding hydrogens is 348 g/mol. The lowest BCUT2D eigenvalue weighted by atomic mass is 10.0. The van der Waals surface area contributed by atoms with Crippen LogP contribution in [0.3, 0.4) is 0 Å². The molecule has 5 heteroatoms. The Labute approximate surface area is 159 Å². The highest BCUT2D eigenvalue weighted by atomic mass is 35.5. The van der Waals surface area contributed by atoms with Gasteiger partial charge in [0, 0.05) is 24.2 Å². The van der Waals surface area contributed by atoms with E-state index in [1.807, 2.05) is 47.4 Å². The van der Waals surface area contributed by atoms with E-state index in [2.05, 4.69) is 5.32 Å². The van der Waals surface area contributed by atoms with Gasteiger partial charge in [0.2, 0.25) is 11.8 Å². The number of likely N-dealkylation sites (tertiary alicyclic amines) is 1. The number of carbonyl (C=O) groups excluding carboxylic acids is 2. The summed E-state index contributed by atoms with van der Waals surface area (Å²) in [5.74, 6) is 0.170. The molecule has 1 N–H and O–H groups in total. The Balaban J connectivity index is 1.42. The van der Waals surface area contributed by atoms with E-state index in [4.69, 9.17) is 11.6 Å².